The quantitative estimate of drug-likeness (QED) is 0.231. The summed E-state index contributed by atoms with van der Waals surface area (Å²) in [5, 5.41) is 2.89. The number of hydrogen-bond donors (Lipinski definition) is 1. The first kappa shape index (κ1) is 33.8. The number of amides is 2. The van der Waals surface area contributed by atoms with E-state index < -0.39 is 28.5 Å². The van der Waals surface area contributed by atoms with Crippen LogP contribution in [0.4, 0.5) is 5.69 Å². The van der Waals surface area contributed by atoms with Crippen molar-refractivity contribution in [2.45, 2.75) is 50.1 Å². The minimum absolute atomic E-state index is 0.0501. The predicted octanol–water partition coefficient (Wildman–Crippen LogP) is 5.20. The maximum absolute atomic E-state index is 14.1. The number of nitrogens with zero attached hydrogens (tertiary/aromatic N) is 2. The van der Waals surface area contributed by atoms with Gasteiger partial charge in [0.2, 0.25) is 11.8 Å². The van der Waals surface area contributed by atoms with E-state index in [9.17, 15) is 18.0 Å². The van der Waals surface area contributed by atoms with Gasteiger partial charge < -0.3 is 19.7 Å². The van der Waals surface area contributed by atoms with Gasteiger partial charge in [0.15, 0.2) is 0 Å². The number of thioether (sulfide) groups is 1. The number of hydrogen-bond acceptors (Lipinski definition) is 7. The zero-order valence-electron chi connectivity index (χ0n) is 25.6. The van der Waals surface area contributed by atoms with E-state index in [2.05, 4.69) is 5.32 Å². The molecule has 0 aliphatic carbocycles. The molecule has 1 N–H and O–H groups in total. The van der Waals surface area contributed by atoms with Gasteiger partial charge in [0.05, 0.1) is 24.3 Å². The number of carbonyl (C=O) groups is 2. The summed E-state index contributed by atoms with van der Waals surface area (Å²) in [6.45, 7) is 7.92. The van der Waals surface area contributed by atoms with Crippen LogP contribution in [0.2, 0.25) is 0 Å². The first-order valence-electron chi connectivity index (χ1n) is 14.1. The molecular formula is C32H41N3O6S2. The summed E-state index contributed by atoms with van der Waals surface area (Å²) < 4.78 is 40.1. The minimum atomic E-state index is -4.17. The molecule has 0 aliphatic heterocycles. The molecule has 43 heavy (non-hydrogen) atoms. The summed E-state index contributed by atoms with van der Waals surface area (Å²) in [4.78, 5) is 29.6. The van der Waals surface area contributed by atoms with E-state index in [1.807, 2.05) is 33.1 Å². The lowest BCUT2D eigenvalue weighted by molar-refractivity contribution is -0.139. The molecule has 9 nitrogen and oxygen atoms in total. The topological polar surface area (TPSA) is 105 Å². The zero-order chi connectivity index (χ0) is 31.6. The third-order valence-electron chi connectivity index (χ3n) is 6.70. The summed E-state index contributed by atoms with van der Waals surface area (Å²) in [7, 11) is -2.62. The Hall–Kier alpha value is -3.70. The molecule has 0 spiro atoms. The summed E-state index contributed by atoms with van der Waals surface area (Å²) in [6.07, 6.45) is 1.91. The molecule has 0 bridgehead atoms. The standard InChI is InChI=1S/C32H41N3O6S2/c1-7-41-27-13-11-26(12-14-27)35(43(38,39)30-17-15-29(42-6)16-18-30)22-31(36)34(24(4)32(37)33-20-23(2)3)21-25-9-8-10-28(19-25)40-5/h8-19,23-24H,7,20-22H2,1-6H3,(H,33,37)/t24-/m0/s1. The number of methoxy groups -OCH3 is 1. The van der Waals surface area contributed by atoms with Crippen LogP contribution in [0.25, 0.3) is 0 Å². The number of benzene rings is 3. The second-order valence-electron chi connectivity index (χ2n) is 10.3. The van der Waals surface area contributed by atoms with E-state index in [1.54, 1.807) is 68.6 Å². The fraction of sp³-hybridized carbons (Fsp3) is 0.375. The lowest BCUT2D eigenvalue weighted by atomic mass is 10.1. The number of ether oxygens (including phenoxy) is 2. The van der Waals surface area contributed by atoms with Gasteiger partial charge in [-0.3, -0.25) is 13.9 Å². The maximum Gasteiger partial charge on any atom is 0.264 e. The lowest BCUT2D eigenvalue weighted by Crippen LogP contribution is -2.51. The predicted molar refractivity (Wildman–Crippen MR) is 171 cm³/mol. The smallest absolute Gasteiger partial charge is 0.264 e. The molecule has 3 rings (SSSR count). The Morgan fingerprint density at radius 3 is 2.21 bits per heavy atom. The molecule has 3 aromatic carbocycles. The Morgan fingerprint density at radius 1 is 0.953 bits per heavy atom. The SMILES string of the molecule is CCOc1ccc(N(CC(=O)N(Cc2cccc(OC)c2)[C@@H](C)C(=O)NCC(C)C)S(=O)(=O)c2ccc(SC)cc2)cc1. The highest BCUT2D eigenvalue weighted by atomic mass is 32.2. The van der Waals surface area contributed by atoms with Crippen molar-refractivity contribution in [3.63, 3.8) is 0 Å². The van der Waals surface area contributed by atoms with Crippen molar-refractivity contribution >= 4 is 39.3 Å². The van der Waals surface area contributed by atoms with Crippen LogP contribution in [0.1, 0.15) is 33.3 Å². The highest BCUT2D eigenvalue weighted by molar-refractivity contribution is 7.98. The van der Waals surface area contributed by atoms with Crippen LogP contribution in [0.3, 0.4) is 0 Å². The average molecular weight is 628 g/mol. The van der Waals surface area contributed by atoms with Gasteiger partial charge in [-0.25, -0.2) is 8.42 Å². The molecule has 3 aromatic rings. The molecule has 0 aromatic heterocycles. The molecule has 2 amide bonds. The van der Waals surface area contributed by atoms with Gasteiger partial charge in [0.1, 0.15) is 24.1 Å². The summed E-state index contributed by atoms with van der Waals surface area (Å²) in [6, 6.07) is 19.4. The first-order chi connectivity index (χ1) is 20.5. The van der Waals surface area contributed by atoms with E-state index >= 15 is 0 Å². The Labute approximate surface area is 259 Å². The van der Waals surface area contributed by atoms with E-state index in [0.29, 0.717) is 30.3 Å². The maximum atomic E-state index is 14.1. The third-order valence-corrected chi connectivity index (χ3v) is 9.23. The van der Waals surface area contributed by atoms with Crippen LogP contribution < -0.4 is 19.1 Å². The van der Waals surface area contributed by atoms with Crippen LogP contribution in [0.5, 0.6) is 11.5 Å². The second-order valence-corrected chi connectivity index (χ2v) is 13.0. The normalized spacial score (nSPS) is 12.0. The van der Waals surface area contributed by atoms with E-state index in [0.717, 1.165) is 14.8 Å². The molecule has 0 saturated heterocycles. The Morgan fingerprint density at radius 2 is 1.63 bits per heavy atom. The second kappa shape index (κ2) is 15.7. The molecule has 0 saturated carbocycles. The number of sulfonamides is 1. The van der Waals surface area contributed by atoms with Gasteiger partial charge in [-0.15, -0.1) is 11.8 Å². The van der Waals surface area contributed by atoms with Crippen molar-refractivity contribution in [3.05, 3.63) is 78.4 Å². The van der Waals surface area contributed by atoms with Crippen molar-refractivity contribution in [2.24, 2.45) is 5.92 Å². The molecule has 232 valence electrons. The van der Waals surface area contributed by atoms with Crippen LogP contribution in [0, 0.1) is 5.92 Å². The van der Waals surface area contributed by atoms with Crippen LogP contribution in [-0.4, -0.2) is 64.2 Å². The van der Waals surface area contributed by atoms with Crippen LogP contribution in [0.15, 0.2) is 82.6 Å². The van der Waals surface area contributed by atoms with Crippen LogP contribution >= 0.6 is 11.8 Å². The number of rotatable bonds is 15. The van der Waals surface area contributed by atoms with Crippen molar-refractivity contribution in [3.8, 4) is 11.5 Å². The van der Waals surface area contributed by atoms with E-state index in [-0.39, 0.29) is 23.3 Å². The number of nitrogens with one attached hydrogen (secondary N) is 1. The molecule has 0 radical (unpaired) electrons. The van der Waals surface area contributed by atoms with Crippen LogP contribution in [-0.2, 0) is 26.2 Å². The van der Waals surface area contributed by atoms with Crippen molar-refractivity contribution in [1.82, 2.24) is 10.2 Å². The summed E-state index contributed by atoms with van der Waals surface area (Å²) >= 11 is 1.50. The molecular weight excluding hydrogens is 587 g/mol. The fourth-order valence-corrected chi connectivity index (χ4v) is 6.10. The molecule has 11 heteroatoms. The van der Waals surface area contributed by atoms with Gasteiger partial charge in [-0.05, 0) is 92.2 Å². The first-order valence-corrected chi connectivity index (χ1v) is 16.8. The Kier molecular flexibility index (Phi) is 12.3. The monoisotopic (exact) mass is 627 g/mol. The van der Waals surface area contributed by atoms with Crippen molar-refractivity contribution in [2.75, 3.05) is 37.4 Å². The van der Waals surface area contributed by atoms with Gasteiger partial charge in [-0.2, -0.15) is 0 Å². The highest BCUT2D eigenvalue weighted by Crippen LogP contribution is 2.28. The highest BCUT2D eigenvalue weighted by Gasteiger charge is 2.32. The van der Waals surface area contributed by atoms with E-state index in [4.69, 9.17) is 9.47 Å². The zero-order valence-corrected chi connectivity index (χ0v) is 27.2. The molecule has 1 atom stereocenters. The average Bonchev–Trinajstić information content (AvgIpc) is 3.01. The largest absolute Gasteiger partial charge is 0.497 e. The molecule has 0 aliphatic rings. The van der Waals surface area contributed by atoms with Gasteiger partial charge in [0.25, 0.3) is 10.0 Å². The molecule has 0 heterocycles. The summed E-state index contributed by atoms with van der Waals surface area (Å²) in [5.41, 5.74) is 1.03. The summed E-state index contributed by atoms with van der Waals surface area (Å²) in [5.74, 6) is 0.543. The van der Waals surface area contributed by atoms with E-state index in [1.165, 1.54) is 28.8 Å². The lowest BCUT2D eigenvalue weighted by Gasteiger charge is -2.32. The number of carbonyl (C=O) groups excluding carboxylic acids is 2. The van der Waals surface area contributed by atoms with Crippen molar-refractivity contribution < 1.29 is 27.5 Å². The minimum Gasteiger partial charge on any atom is -0.497 e. The number of anilines is 1. The van der Waals surface area contributed by atoms with Gasteiger partial charge in [0, 0.05) is 18.0 Å². The Balaban J connectivity index is 2.03. The molecule has 0 unspecified atom stereocenters. The third kappa shape index (κ3) is 9.14. The van der Waals surface area contributed by atoms with Crippen molar-refractivity contribution in [1.29, 1.82) is 0 Å². The van der Waals surface area contributed by atoms with Gasteiger partial charge >= 0.3 is 0 Å². The Bertz CT molecular complexity index is 1460. The molecule has 0 fully saturated rings. The van der Waals surface area contributed by atoms with Gasteiger partial charge in [-0.1, -0.05) is 26.0 Å². The fourth-order valence-electron chi connectivity index (χ4n) is 4.28.